The Morgan fingerprint density at radius 3 is 2.10 bits per heavy atom. The van der Waals surface area contributed by atoms with E-state index in [-0.39, 0.29) is 16.9 Å². The van der Waals surface area contributed by atoms with Crippen LogP contribution in [0.25, 0.3) is 0 Å². The monoisotopic (exact) mass is 429 g/mol. The molecule has 0 atom stereocenters. The molecule has 2 aromatic carbocycles. The van der Waals surface area contributed by atoms with Crippen LogP contribution in [0.15, 0.2) is 64.6 Å². The summed E-state index contributed by atoms with van der Waals surface area (Å²) in [5.41, 5.74) is 4.55. The zero-order valence-corrected chi connectivity index (χ0v) is 19.3. The molecule has 7 heteroatoms. The van der Waals surface area contributed by atoms with Crippen molar-refractivity contribution in [1.29, 1.82) is 0 Å². The van der Waals surface area contributed by atoms with Gasteiger partial charge in [0.2, 0.25) is 0 Å². The van der Waals surface area contributed by atoms with Gasteiger partial charge in [0.05, 0.1) is 10.6 Å². The van der Waals surface area contributed by atoms with Crippen LogP contribution in [0.2, 0.25) is 0 Å². The Morgan fingerprint density at radius 1 is 1.03 bits per heavy atom. The van der Waals surface area contributed by atoms with Gasteiger partial charge < -0.3 is 0 Å². The zero-order chi connectivity index (χ0) is 22.5. The fourth-order valence-corrected chi connectivity index (χ4v) is 3.98. The molecule has 1 N–H and O–H groups in total. The van der Waals surface area contributed by atoms with E-state index in [4.69, 9.17) is 0 Å². The molecule has 0 saturated heterocycles. The lowest BCUT2D eigenvalue weighted by Gasteiger charge is -2.24. The predicted molar refractivity (Wildman–Crippen MR) is 122 cm³/mol. The van der Waals surface area contributed by atoms with Gasteiger partial charge in [0.1, 0.15) is 6.54 Å². The molecule has 6 nitrogen and oxygen atoms in total. The van der Waals surface area contributed by atoms with Crippen LogP contribution in [0, 0.1) is 5.41 Å². The molecule has 0 aliphatic rings. The van der Waals surface area contributed by atoms with Crippen LogP contribution in [0.4, 0.5) is 5.69 Å². The van der Waals surface area contributed by atoms with Crippen molar-refractivity contribution >= 4 is 27.3 Å². The van der Waals surface area contributed by atoms with Crippen LogP contribution >= 0.6 is 0 Å². The molecule has 0 spiro atoms. The molecule has 0 fully saturated rings. The summed E-state index contributed by atoms with van der Waals surface area (Å²) in [6.45, 7) is 11.5. The number of sulfonamides is 1. The Bertz CT molecular complexity index is 990. The van der Waals surface area contributed by atoms with Crippen molar-refractivity contribution in [2.45, 2.75) is 52.4 Å². The number of nitrogens with one attached hydrogen (secondary N) is 1. The molecule has 0 aliphatic heterocycles. The Balaban J connectivity index is 2.38. The maximum absolute atomic E-state index is 13.3. The van der Waals surface area contributed by atoms with Gasteiger partial charge in [0, 0.05) is 11.1 Å². The number of nitrogens with zero attached hydrogens (tertiary/aromatic N) is 2. The Morgan fingerprint density at radius 2 is 1.60 bits per heavy atom. The fraction of sp³-hybridized carbons (Fsp3) is 0.391. The second-order valence-electron chi connectivity index (χ2n) is 8.55. The summed E-state index contributed by atoms with van der Waals surface area (Å²) in [6.07, 6.45) is 0. The number of carbonyl (C=O) groups is 1. The lowest BCUT2D eigenvalue weighted by Crippen LogP contribution is -2.40. The van der Waals surface area contributed by atoms with Gasteiger partial charge in [0.15, 0.2) is 0 Å². The van der Waals surface area contributed by atoms with Crippen molar-refractivity contribution in [2.24, 2.45) is 10.5 Å². The van der Waals surface area contributed by atoms with Gasteiger partial charge in [-0.15, -0.1) is 0 Å². The van der Waals surface area contributed by atoms with Gasteiger partial charge in [-0.3, -0.25) is 9.10 Å². The van der Waals surface area contributed by atoms with Crippen molar-refractivity contribution in [3.05, 3.63) is 60.2 Å². The van der Waals surface area contributed by atoms with Crippen LogP contribution < -0.4 is 9.73 Å². The van der Waals surface area contributed by atoms with E-state index in [9.17, 15) is 13.2 Å². The average Bonchev–Trinajstić information content (AvgIpc) is 2.70. The molecule has 1 amide bonds. The van der Waals surface area contributed by atoms with E-state index in [2.05, 4.69) is 24.4 Å². The fourth-order valence-electron chi connectivity index (χ4n) is 2.54. The largest absolute Gasteiger partial charge is 0.271 e. The molecule has 0 aliphatic carbocycles. The Kier molecular flexibility index (Phi) is 7.42. The van der Waals surface area contributed by atoms with Crippen molar-refractivity contribution < 1.29 is 13.2 Å². The van der Waals surface area contributed by atoms with Gasteiger partial charge in [-0.1, -0.05) is 65.0 Å². The standard InChI is InChI=1S/C23H31N3O3S/c1-17(2)19-12-14-20(15-13-19)26(30(28,29)21-10-8-7-9-11-21)16-22(27)25-24-18(3)23(4,5)6/h7-15,17H,16H2,1-6H3,(H,25,27)/b24-18-. The number of benzene rings is 2. The molecule has 0 bridgehead atoms. The van der Waals surface area contributed by atoms with Crippen molar-refractivity contribution in [3.63, 3.8) is 0 Å². The Hall–Kier alpha value is -2.67. The summed E-state index contributed by atoms with van der Waals surface area (Å²) >= 11 is 0. The molecule has 2 rings (SSSR count). The highest BCUT2D eigenvalue weighted by atomic mass is 32.2. The highest BCUT2D eigenvalue weighted by Crippen LogP contribution is 2.25. The third kappa shape index (κ3) is 5.92. The molecule has 0 saturated carbocycles. The Labute approximate surface area is 180 Å². The minimum absolute atomic E-state index is 0.125. The van der Waals surface area contributed by atoms with E-state index in [1.165, 1.54) is 12.1 Å². The average molecular weight is 430 g/mol. The molecule has 0 heterocycles. The van der Waals surface area contributed by atoms with Crippen molar-refractivity contribution in [2.75, 3.05) is 10.8 Å². The van der Waals surface area contributed by atoms with Crippen LogP contribution in [-0.4, -0.2) is 26.6 Å². The highest BCUT2D eigenvalue weighted by Gasteiger charge is 2.27. The molecule has 30 heavy (non-hydrogen) atoms. The minimum atomic E-state index is -3.93. The first-order chi connectivity index (χ1) is 13.9. The van der Waals surface area contributed by atoms with Gasteiger partial charge in [0.25, 0.3) is 15.9 Å². The number of hydrazone groups is 1. The summed E-state index contributed by atoms with van der Waals surface area (Å²) in [5, 5.41) is 4.13. The molecule has 0 radical (unpaired) electrons. The number of carbonyl (C=O) groups excluding carboxylic acids is 1. The van der Waals surface area contributed by atoms with E-state index < -0.39 is 15.9 Å². The summed E-state index contributed by atoms with van der Waals surface area (Å²) in [5.74, 6) is -0.192. The number of anilines is 1. The first-order valence-electron chi connectivity index (χ1n) is 9.94. The maximum Gasteiger partial charge on any atom is 0.264 e. The second-order valence-corrected chi connectivity index (χ2v) is 10.4. The first-order valence-corrected chi connectivity index (χ1v) is 11.4. The smallest absolute Gasteiger partial charge is 0.264 e. The highest BCUT2D eigenvalue weighted by molar-refractivity contribution is 7.92. The third-order valence-corrected chi connectivity index (χ3v) is 6.69. The number of hydrogen-bond donors (Lipinski definition) is 1. The molecule has 0 unspecified atom stereocenters. The topological polar surface area (TPSA) is 78.8 Å². The predicted octanol–water partition coefficient (Wildman–Crippen LogP) is 4.54. The summed E-state index contributed by atoms with van der Waals surface area (Å²) in [4.78, 5) is 12.7. The molecule has 162 valence electrons. The third-order valence-electron chi connectivity index (χ3n) is 4.90. The quantitative estimate of drug-likeness (QED) is 0.518. The van der Waals surface area contributed by atoms with Gasteiger partial charge >= 0.3 is 0 Å². The van der Waals surface area contributed by atoms with Crippen molar-refractivity contribution in [1.82, 2.24) is 5.43 Å². The summed E-state index contributed by atoms with van der Waals surface area (Å²) in [7, 11) is -3.93. The first kappa shape index (κ1) is 23.6. The van der Waals surface area contributed by atoms with E-state index >= 15 is 0 Å². The van der Waals surface area contributed by atoms with Crippen molar-refractivity contribution in [3.8, 4) is 0 Å². The van der Waals surface area contributed by atoms with E-state index in [1.807, 2.05) is 39.8 Å². The second kappa shape index (κ2) is 9.43. The summed E-state index contributed by atoms with van der Waals surface area (Å²) in [6, 6.07) is 15.3. The number of amides is 1. The van der Waals surface area contributed by atoms with Gasteiger partial charge in [-0.25, -0.2) is 13.8 Å². The number of hydrogen-bond acceptors (Lipinski definition) is 4. The molecule has 2 aromatic rings. The van der Waals surface area contributed by atoms with E-state index in [0.29, 0.717) is 11.6 Å². The van der Waals surface area contributed by atoms with E-state index in [1.54, 1.807) is 30.3 Å². The molecular formula is C23H31N3O3S. The maximum atomic E-state index is 13.3. The SMILES string of the molecule is C/C(=N/NC(=O)CN(c1ccc(C(C)C)cc1)S(=O)(=O)c1ccccc1)C(C)(C)C. The lowest BCUT2D eigenvalue weighted by molar-refractivity contribution is -0.119. The number of rotatable bonds is 7. The van der Waals surface area contributed by atoms with Crippen LogP contribution in [0.3, 0.4) is 0 Å². The van der Waals surface area contributed by atoms with Crippen LogP contribution in [0.5, 0.6) is 0 Å². The zero-order valence-electron chi connectivity index (χ0n) is 18.5. The van der Waals surface area contributed by atoms with Crippen LogP contribution in [-0.2, 0) is 14.8 Å². The van der Waals surface area contributed by atoms with Crippen LogP contribution in [0.1, 0.15) is 53.0 Å². The molecular weight excluding hydrogens is 398 g/mol. The van der Waals surface area contributed by atoms with E-state index in [0.717, 1.165) is 15.6 Å². The molecule has 0 aromatic heterocycles. The normalized spacial score (nSPS) is 12.7. The van der Waals surface area contributed by atoms with Gasteiger partial charge in [-0.2, -0.15) is 5.10 Å². The summed E-state index contributed by atoms with van der Waals surface area (Å²) < 4.78 is 27.7. The lowest BCUT2D eigenvalue weighted by atomic mass is 9.91. The minimum Gasteiger partial charge on any atom is -0.271 e. The van der Waals surface area contributed by atoms with Gasteiger partial charge in [-0.05, 0) is 42.7 Å².